The van der Waals surface area contributed by atoms with Gasteiger partial charge in [-0.2, -0.15) is 0 Å². The van der Waals surface area contributed by atoms with Gasteiger partial charge in [0.15, 0.2) is 0 Å². The van der Waals surface area contributed by atoms with Crippen LogP contribution in [0, 0.1) is 6.92 Å². The lowest BCUT2D eigenvalue weighted by atomic mass is 9.92. The maximum Gasteiger partial charge on any atom is -0.00256 e. The van der Waals surface area contributed by atoms with E-state index < -0.39 is 0 Å². The Hall–Kier alpha value is -1.82. The van der Waals surface area contributed by atoms with Crippen LogP contribution in [0.5, 0.6) is 0 Å². The van der Waals surface area contributed by atoms with Gasteiger partial charge in [-0.1, -0.05) is 65.7 Å². The molecule has 0 unspecified atom stereocenters. The Labute approximate surface area is 128 Å². The van der Waals surface area contributed by atoms with E-state index in [2.05, 4.69) is 61.5 Å². The van der Waals surface area contributed by atoms with Crippen LogP contribution in [0.15, 0.2) is 60.2 Å². The number of aryl methyl sites for hydroxylation is 1. The highest BCUT2D eigenvalue weighted by Crippen LogP contribution is 2.23. The van der Waals surface area contributed by atoms with Crippen molar-refractivity contribution in [3.8, 4) is 0 Å². The van der Waals surface area contributed by atoms with Crippen LogP contribution >= 0.6 is 0 Å². The molecule has 0 spiro atoms. The molecule has 0 atom stereocenters. The molecule has 0 amide bonds. The Bertz CT molecular complexity index is 620. The Kier molecular flexibility index (Phi) is 4.55. The van der Waals surface area contributed by atoms with Crippen LogP contribution in [0.3, 0.4) is 0 Å². The van der Waals surface area contributed by atoms with Gasteiger partial charge in [-0.25, -0.2) is 0 Å². The lowest BCUT2D eigenvalue weighted by Crippen LogP contribution is -1.98. The molecule has 0 saturated heterocycles. The molecule has 21 heavy (non-hydrogen) atoms. The first-order valence-corrected chi connectivity index (χ1v) is 8.11. The predicted molar refractivity (Wildman–Crippen MR) is 90.7 cm³/mol. The molecule has 2 aromatic carbocycles. The molecule has 108 valence electrons. The zero-order valence-corrected chi connectivity index (χ0v) is 12.9. The minimum Gasteiger partial charge on any atom is -0.0850 e. The van der Waals surface area contributed by atoms with Gasteiger partial charge >= 0.3 is 0 Å². The second-order valence-electron chi connectivity index (χ2n) is 6.27. The summed E-state index contributed by atoms with van der Waals surface area (Å²) >= 11 is 0. The van der Waals surface area contributed by atoms with E-state index in [1.807, 2.05) is 0 Å². The molecule has 0 heteroatoms. The van der Waals surface area contributed by atoms with Crippen molar-refractivity contribution in [2.45, 2.75) is 45.4 Å². The molecule has 2 aromatic rings. The second-order valence-corrected chi connectivity index (χ2v) is 6.27. The molecule has 3 rings (SSSR count). The molecule has 0 aromatic heterocycles. The monoisotopic (exact) mass is 276 g/mol. The SMILES string of the molecule is Cc1cc(CC2=CCCCC2)cc(Cc2ccccc2)c1. The van der Waals surface area contributed by atoms with Gasteiger partial charge in [0, 0.05) is 0 Å². The van der Waals surface area contributed by atoms with Gasteiger partial charge in [-0.3, -0.25) is 0 Å². The van der Waals surface area contributed by atoms with Crippen molar-refractivity contribution in [3.05, 3.63) is 82.4 Å². The van der Waals surface area contributed by atoms with Crippen molar-refractivity contribution in [1.82, 2.24) is 0 Å². The third-order valence-corrected chi connectivity index (χ3v) is 4.26. The highest BCUT2D eigenvalue weighted by molar-refractivity contribution is 5.35. The fraction of sp³-hybridized carbons (Fsp3) is 0.333. The van der Waals surface area contributed by atoms with Crippen LogP contribution in [0.4, 0.5) is 0 Å². The van der Waals surface area contributed by atoms with Crippen molar-refractivity contribution in [3.63, 3.8) is 0 Å². The van der Waals surface area contributed by atoms with Crippen molar-refractivity contribution in [1.29, 1.82) is 0 Å². The molecule has 0 heterocycles. The summed E-state index contributed by atoms with van der Waals surface area (Å²) in [5, 5.41) is 0. The summed E-state index contributed by atoms with van der Waals surface area (Å²) in [7, 11) is 0. The van der Waals surface area contributed by atoms with Crippen molar-refractivity contribution in [2.24, 2.45) is 0 Å². The summed E-state index contributed by atoms with van der Waals surface area (Å²) in [5.74, 6) is 0. The van der Waals surface area contributed by atoms with Crippen LogP contribution < -0.4 is 0 Å². The normalized spacial score (nSPS) is 14.8. The van der Waals surface area contributed by atoms with Crippen LogP contribution in [0.25, 0.3) is 0 Å². The molecule has 0 bridgehead atoms. The number of hydrogen-bond acceptors (Lipinski definition) is 0. The van der Waals surface area contributed by atoms with E-state index in [9.17, 15) is 0 Å². The minimum absolute atomic E-state index is 1.04. The first-order chi connectivity index (χ1) is 10.3. The van der Waals surface area contributed by atoms with E-state index in [-0.39, 0.29) is 0 Å². The van der Waals surface area contributed by atoms with Crippen LogP contribution in [0.2, 0.25) is 0 Å². The quantitative estimate of drug-likeness (QED) is 0.635. The Morgan fingerprint density at radius 1 is 0.810 bits per heavy atom. The first kappa shape index (κ1) is 14.1. The van der Waals surface area contributed by atoms with Gasteiger partial charge in [-0.15, -0.1) is 0 Å². The van der Waals surface area contributed by atoms with Gasteiger partial charge in [0.25, 0.3) is 0 Å². The highest BCUT2D eigenvalue weighted by atomic mass is 14.1. The maximum absolute atomic E-state index is 2.46. The van der Waals surface area contributed by atoms with Crippen LogP contribution in [-0.2, 0) is 12.8 Å². The van der Waals surface area contributed by atoms with E-state index in [1.165, 1.54) is 47.9 Å². The van der Waals surface area contributed by atoms with Gasteiger partial charge in [0.05, 0.1) is 0 Å². The molecule has 0 aliphatic heterocycles. The number of hydrogen-bond donors (Lipinski definition) is 0. The molecule has 0 radical (unpaired) electrons. The van der Waals surface area contributed by atoms with Gasteiger partial charge in [0.2, 0.25) is 0 Å². The summed E-state index contributed by atoms with van der Waals surface area (Å²) in [5.41, 5.74) is 7.33. The smallest absolute Gasteiger partial charge is 0.00256 e. The topological polar surface area (TPSA) is 0 Å². The van der Waals surface area contributed by atoms with Crippen LogP contribution in [0.1, 0.15) is 47.9 Å². The molecule has 1 aliphatic carbocycles. The lowest BCUT2D eigenvalue weighted by molar-refractivity contribution is 0.688. The predicted octanol–water partition coefficient (Wildman–Crippen LogP) is 5.63. The van der Waals surface area contributed by atoms with Crippen LogP contribution in [-0.4, -0.2) is 0 Å². The molecular weight excluding hydrogens is 252 g/mol. The molecule has 0 nitrogen and oxygen atoms in total. The van der Waals surface area contributed by atoms with Crippen molar-refractivity contribution in [2.75, 3.05) is 0 Å². The number of benzene rings is 2. The fourth-order valence-corrected chi connectivity index (χ4v) is 3.31. The number of allylic oxidation sites excluding steroid dienone is 2. The van der Waals surface area contributed by atoms with Crippen molar-refractivity contribution < 1.29 is 0 Å². The average Bonchev–Trinajstić information content (AvgIpc) is 2.48. The van der Waals surface area contributed by atoms with Gasteiger partial charge in [0.1, 0.15) is 0 Å². The summed E-state index contributed by atoms with van der Waals surface area (Å²) in [6.45, 7) is 2.22. The third kappa shape index (κ3) is 4.07. The fourth-order valence-electron chi connectivity index (χ4n) is 3.31. The second kappa shape index (κ2) is 6.76. The zero-order valence-electron chi connectivity index (χ0n) is 12.9. The minimum atomic E-state index is 1.04. The molecule has 1 aliphatic rings. The van der Waals surface area contributed by atoms with Gasteiger partial charge < -0.3 is 0 Å². The molecular formula is C21H24. The summed E-state index contributed by atoms with van der Waals surface area (Å²) in [6.07, 6.45) is 9.95. The Morgan fingerprint density at radius 3 is 2.29 bits per heavy atom. The van der Waals surface area contributed by atoms with E-state index in [4.69, 9.17) is 0 Å². The summed E-state index contributed by atoms with van der Waals surface area (Å²) in [4.78, 5) is 0. The standard InChI is InChI=1S/C21H24/c1-17-12-20(14-18-8-4-2-5-9-18)16-21(13-17)15-19-10-6-3-7-11-19/h2,4-5,8-10,12-13,16H,3,6-7,11,14-15H2,1H3. The Balaban J connectivity index is 1.77. The van der Waals surface area contributed by atoms with E-state index in [0.717, 1.165) is 12.8 Å². The molecule has 0 fully saturated rings. The largest absolute Gasteiger partial charge is 0.0850 e. The third-order valence-electron chi connectivity index (χ3n) is 4.26. The van der Waals surface area contributed by atoms with E-state index in [1.54, 1.807) is 5.57 Å². The van der Waals surface area contributed by atoms with Gasteiger partial charge in [-0.05, 0) is 62.1 Å². The zero-order chi connectivity index (χ0) is 14.5. The average molecular weight is 276 g/mol. The summed E-state index contributed by atoms with van der Waals surface area (Å²) in [6, 6.07) is 17.8. The first-order valence-electron chi connectivity index (χ1n) is 8.11. The Morgan fingerprint density at radius 2 is 1.57 bits per heavy atom. The maximum atomic E-state index is 2.46. The molecule has 0 saturated carbocycles. The lowest BCUT2D eigenvalue weighted by Gasteiger charge is -2.14. The summed E-state index contributed by atoms with van der Waals surface area (Å²) < 4.78 is 0. The van der Waals surface area contributed by atoms with Crippen molar-refractivity contribution >= 4 is 0 Å². The van der Waals surface area contributed by atoms with E-state index >= 15 is 0 Å². The number of rotatable bonds is 4. The highest BCUT2D eigenvalue weighted by Gasteiger charge is 2.06. The van der Waals surface area contributed by atoms with E-state index in [0.29, 0.717) is 0 Å². The molecule has 0 N–H and O–H groups in total.